The molecule has 0 aromatic heterocycles. The number of ether oxygens (including phenoxy) is 3. The monoisotopic (exact) mass is 228 g/mol. The van der Waals surface area contributed by atoms with Gasteiger partial charge in [0, 0.05) is 11.0 Å². The van der Waals surface area contributed by atoms with Gasteiger partial charge in [-0.1, -0.05) is 13.5 Å². The second-order valence-corrected chi connectivity index (χ2v) is 4.33. The van der Waals surface area contributed by atoms with E-state index < -0.39 is 5.97 Å². The molecule has 0 unspecified atom stereocenters. The first-order chi connectivity index (χ1) is 7.59. The molecular formula is C12H20O4. The third kappa shape index (κ3) is 3.61. The average Bonchev–Trinajstić information content (AvgIpc) is 2.20. The fourth-order valence-corrected chi connectivity index (χ4v) is 1.48. The van der Waals surface area contributed by atoms with Crippen LogP contribution in [0.1, 0.15) is 26.7 Å². The molecule has 4 heteroatoms. The Hall–Kier alpha value is -0.870. The molecule has 0 amide bonds. The molecule has 0 aromatic rings. The lowest BCUT2D eigenvalue weighted by atomic mass is 9.80. The smallest absolute Gasteiger partial charge is 0.335 e. The van der Waals surface area contributed by atoms with E-state index >= 15 is 0 Å². The predicted octanol–water partition coefficient (Wildman–Crippen LogP) is 1.90. The van der Waals surface area contributed by atoms with Crippen molar-refractivity contribution in [1.82, 2.24) is 0 Å². The van der Waals surface area contributed by atoms with E-state index in [0.29, 0.717) is 17.6 Å². The standard InChI is InChI=1S/C12H20O4/c1-4-12(7-15-8-12)5-6-14-9-16-11(13)10(2)3/h2,4-9H2,1,3H3. The highest BCUT2D eigenvalue weighted by Gasteiger charge is 2.36. The van der Waals surface area contributed by atoms with Crippen LogP contribution < -0.4 is 0 Å². The third-order valence-electron chi connectivity index (χ3n) is 2.97. The molecular weight excluding hydrogens is 208 g/mol. The van der Waals surface area contributed by atoms with Gasteiger partial charge in [-0.25, -0.2) is 4.79 Å². The van der Waals surface area contributed by atoms with Gasteiger partial charge in [-0.3, -0.25) is 0 Å². The molecule has 1 aliphatic rings. The van der Waals surface area contributed by atoms with Crippen molar-refractivity contribution in [1.29, 1.82) is 0 Å². The zero-order valence-corrected chi connectivity index (χ0v) is 10.1. The van der Waals surface area contributed by atoms with Crippen LogP contribution >= 0.6 is 0 Å². The van der Waals surface area contributed by atoms with E-state index in [0.717, 1.165) is 26.1 Å². The predicted molar refractivity (Wildman–Crippen MR) is 59.9 cm³/mol. The third-order valence-corrected chi connectivity index (χ3v) is 2.97. The highest BCUT2D eigenvalue weighted by molar-refractivity contribution is 5.86. The molecule has 16 heavy (non-hydrogen) atoms. The lowest BCUT2D eigenvalue weighted by molar-refractivity contribution is -0.157. The van der Waals surface area contributed by atoms with E-state index in [1.165, 1.54) is 0 Å². The van der Waals surface area contributed by atoms with Crippen molar-refractivity contribution in [3.63, 3.8) is 0 Å². The topological polar surface area (TPSA) is 44.8 Å². The minimum absolute atomic E-state index is 0.00629. The molecule has 1 fully saturated rings. The van der Waals surface area contributed by atoms with Crippen LogP contribution in [0.3, 0.4) is 0 Å². The molecule has 92 valence electrons. The van der Waals surface area contributed by atoms with E-state index in [1.807, 2.05) is 0 Å². The molecule has 1 saturated heterocycles. The number of esters is 1. The lowest BCUT2D eigenvalue weighted by Crippen LogP contribution is -2.42. The maximum Gasteiger partial charge on any atom is 0.335 e. The quantitative estimate of drug-likeness (QED) is 0.289. The van der Waals surface area contributed by atoms with E-state index in [-0.39, 0.29) is 6.79 Å². The van der Waals surface area contributed by atoms with Gasteiger partial charge < -0.3 is 14.2 Å². The van der Waals surface area contributed by atoms with Crippen molar-refractivity contribution < 1.29 is 19.0 Å². The van der Waals surface area contributed by atoms with Crippen LogP contribution in [0.5, 0.6) is 0 Å². The highest BCUT2D eigenvalue weighted by atomic mass is 16.7. The molecule has 4 nitrogen and oxygen atoms in total. The molecule has 0 aliphatic carbocycles. The molecule has 1 rings (SSSR count). The van der Waals surface area contributed by atoms with Crippen LogP contribution in [-0.4, -0.2) is 32.6 Å². The zero-order valence-electron chi connectivity index (χ0n) is 10.1. The molecule has 1 heterocycles. The summed E-state index contributed by atoms with van der Waals surface area (Å²) in [5.74, 6) is -0.405. The number of hydrogen-bond acceptors (Lipinski definition) is 4. The van der Waals surface area contributed by atoms with Crippen LogP contribution in [0.25, 0.3) is 0 Å². The maximum absolute atomic E-state index is 11.0. The summed E-state index contributed by atoms with van der Waals surface area (Å²) >= 11 is 0. The number of carbonyl (C=O) groups excluding carboxylic acids is 1. The summed E-state index contributed by atoms with van der Waals surface area (Å²) in [6, 6.07) is 0. The largest absolute Gasteiger partial charge is 0.435 e. The van der Waals surface area contributed by atoms with Gasteiger partial charge in [0.1, 0.15) is 0 Å². The fraction of sp³-hybridized carbons (Fsp3) is 0.750. The molecule has 0 saturated carbocycles. The van der Waals surface area contributed by atoms with Crippen molar-refractivity contribution in [2.24, 2.45) is 5.41 Å². The Morgan fingerprint density at radius 3 is 2.62 bits per heavy atom. The molecule has 0 aromatic carbocycles. The molecule has 1 aliphatic heterocycles. The van der Waals surface area contributed by atoms with Gasteiger partial charge in [0.2, 0.25) is 0 Å². The van der Waals surface area contributed by atoms with Gasteiger partial charge in [-0.2, -0.15) is 0 Å². The maximum atomic E-state index is 11.0. The number of hydrogen-bond donors (Lipinski definition) is 0. The zero-order chi connectivity index (χ0) is 12.0. The molecule has 0 spiro atoms. The van der Waals surface area contributed by atoms with Gasteiger partial charge in [0.15, 0.2) is 6.79 Å². The van der Waals surface area contributed by atoms with E-state index in [9.17, 15) is 4.79 Å². The Morgan fingerprint density at radius 1 is 1.50 bits per heavy atom. The molecule has 0 N–H and O–H groups in total. The van der Waals surface area contributed by atoms with Crippen molar-refractivity contribution in [3.8, 4) is 0 Å². The molecule has 0 bridgehead atoms. The van der Waals surface area contributed by atoms with Crippen LogP contribution in [0.4, 0.5) is 0 Å². The summed E-state index contributed by atoms with van der Waals surface area (Å²) in [5, 5.41) is 0. The van der Waals surface area contributed by atoms with Gasteiger partial charge in [-0.15, -0.1) is 0 Å². The van der Waals surface area contributed by atoms with Crippen LogP contribution in [0.15, 0.2) is 12.2 Å². The van der Waals surface area contributed by atoms with E-state index in [1.54, 1.807) is 6.92 Å². The Kier molecular flexibility index (Phi) is 4.96. The second-order valence-electron chi connectivity index (χ2n) is 4.33. The second kappa shape index (κ2) is 6.01. The van der Waals surface area contributed by atoms with E-state index in [4.69, 9.17) is 14.2 Å². The Balaban J connectivity index is 2.04. The van der Waals surface area contributed by atoms with E-state index in [2.05, 4.69) is 13.5 Å². The minimum Gasteiger partial charge on any atom is -0.435 e. The van der Waals surface area contributed by atoms with Crippen molar-refractivity contribution >= 4 is 5.97 Å². The molecule has 0 radical (unpaired) electrons. The minimum atomic E-state index is -0.405. The first-order valence-corrected chi connectivity index (χ1v) is 5.58. The summed E-state index contributed by atoms with van der Waals surface area (Å²) in [6.07, 6.45) is 2.05. The first-order valence-electron chi connectivity index (χ1n) is 5.58. The van der Waals surface area contributed by atoms with Crippen LogP contribution in [-0.2, 0) is 19.0 Å². The summed E-state index contributed by atoms with van der Waals surface area (Å²) in [4.78, 5) is 11.0. The SMILES string of the molecule is C=C(C)C(=O)OCOCCC1(CC)COC1. The van der Waals surface area contributed by atoms with Crippen LogP contribution in [0, 0.1) is 5.41 Å². The fourth-order valence-electron chi connectivity index (χ4n) is 1.48. The lowest BCUT2D eigenvalue weighted by Gasteiger charge is -2.40. The van der Waals surface area contributed by atoms with Gasteiger partial charge in [0.25, 0.3) is 0 Å². The summed E-state index contributed by atoms with van der Waals surface area (Å²) in [6.45, 7) is 9.49. The molecule has 0 atom stereocenters. The summed E-state index contributed by atoms with van der Waals surface area (Å²) in [5.41, 5.74) is 0.680. The first kappa shape index (κ1) is 13.2. The summed E-state index contributed by atoms with van der Waals surface area (Å²) in [7, 11) is 0. The van der Waals surface area contributed by atoms with Gasteiger partial charge in [-0.05, 0) is 19.8 Å². The number of carbonyl (C=O) groups is 1. The van der Waals surface area contributed by atoms with Crippen molar-refractivity contribution in [2.75, 3.05) is 26.6 Å². The van der Waals surface area contributed by atoms with Crippen molar-refractivity contribution in [3.05, 3.63) is 12.2 Å². The normalized spacial score (nSPS) is 17.6. The Bertz CT molecular complexity index is 250. The summed E-state index contributed by atoms with van der Waals surface area (Å²) < 4.78 is 15.3. The Morgan fingerprint density at radius 2 is 2.19 bits per heavy atom. The van der Waals surface area contributed by atoms with Crippen LogP contribution in [0.2, 0.25) is 0 Å². The van der Waals surface area contributed by atoms with Gasteiger partial charge >= 0.3 is 5.97 Å². The highest BCUT2D eigenvalue weighted by Crippen LogP contribution is 2.34. The van der Waals surface area contributed by atoms with Gasteiger partial charge in [0.05, 0.1) is 19.8 Å². The average molecular weight is 228 g/mol. The van der Waals surface area contributed by atoms with Crippen molar-refractivity contribution in [2.45, 2.75) is 26.7 Å². The number of rotatable bonds is 7. The Labute approximate surface area is 96.6 Å².